The highest BCUT2D eigenvalue weighted by molar-refractivity contribution is 5.70. The van der Waals surface area contributed by atoms with E-state index in [1.165, 1.54) is 12.1 Å². The normalized spacial score (nSPS) is 21.4. The third-order valence-electron chi connectivity index (χ3n) is 3.15. The Hall–Kier alpha value is -1.42. The Bertz CT molecular complexity index is 408. The smallest absolute Gasteiger partial charge is 0.307 e. The Morgan fingerprint density at radius 1 is 1.53 bits per heavy atom. The van der Waals surface area contributed by atoms with Crippen LogP contribution in [0.5, 0.6) is 0 Å². The fourth-order valence-electron chi connectivity index (χ4n) is 2.29. The molecule has 0 saturated carbocycles. The SMILES string of the molecule is O=C(O)[C@H]1CCCN(Cc2cccc(F)c2)C1. The maximum Gasteiger partial charge on any atom is 0.307 e. The second-order valence-corrected chi connectivity index (χ2v) is 4.54. The van der Waals surface area contributed by atoms with Crippen molar-refractivity contribution in [3.05, 3.63) is 35.6 Å². The Labute approximate surface area is 99.9 Å². The quantitative estimate of drug-likeness (QED) is 0.875. The second kappa shape index (κ2) is 5.27. The number of benzene rings is 1. The summed E-state index contributed by atoms with van der Waals surface area (Å²) in [6.45, 7) is 2.08. The first kappa shape index (κ1) is 12.0. The zero-order valence-corrected chi connectivity index (χ0v) is 9.60. The molecule has 1 aromatic carbocycles. The van der Waals surface area contributed by atoms with Gasteiger partial charge in [0.1, 0.15) is 5.82 Å². The highest BCUT2D eigenvalue weighted by Gasteiger charge is 2.25. The number of nitrogens with zero attached hydrogens (tertiary/aromatic N) is 1. The third-order valence-corrected chi connectivity index (χ3v) is 3.15. The van der Waals surface area contributed by atoms with Crippen LogP contribution in [0.1, 0.15) is 18.4 Å². The molecular formula is C13H16FNO2. The van der Waals surface area contributed by atoms with Crippen molar-refractivity contribution in [1.82, 2.24) is 4.90 Å². The first-order chi connectivity index (χ1) is 8.15. The van der Waals surface area contributed by atoms with Gasteiger partial charge in [0.25, 0.3) is 0 Å². The van der Waals surface area contributed by atoms with Crippen molar-refractivity contribution in [3.8, 4) is 0 Å². The van der Waals surface area contributed by atoms with Crippen molar-refractivity contribution in [2.24, 2.45) is 5.92 Å². The van der Waals surface area contributed by atoms with E-state index in [0.717, 1.165) is 24.9 Å². The number of aliphatic carboxylic acids is 1. The van der Waals surface area contributed by atoms with Crippen LogP contribution >= 0.6 is 0 Å². The highest BCUT2D eigenvalue weighted by atomic mass is 19.1. The van der Waals surface area contributed by atoms with Gasteiger partial charge < -0.3 is 5.11 Å². The number of carboxylic acid groups (broad SMARTS) is 1. The summed E-state index contributed by atoms with van der Waals surface area (Å²) in [5.41, 5.74) is 0.899. The van der Waals surface area contributed by atoms with Gasteiger partial charge in [-0.1, -0.05) is 12.1 Å². The molecule has 17 heavy (non-hydrogen) atoms. The Morgan fingerprint density at radius 3 is 3.06 bits per heavy atom. The minimum atomic E-state index is -0.728. The van der Waals surface area contributed by atoms with Gasteiger partial charge in [0.15, 0.2) is 0 Å². The number of hydrogen-bond donors (Lipinski definition) is 1. The van der Waals surface area contributed by atoms with E-state index < -0.39 is 5.97 Å². The zero-order chi connectivity index (χ0) is 12.3. The number of piperidine rings is 1. The van der Waals surface area contributed by atoms with Crippen LogP contribution in [0.15, 0.2) is 24.3 Å². The van der Waals surface area contributed by atoms with Crippen molar-refractivity contribution in [2.45, 2.75) is 19.4 Å². The number of hydrogen-bond acceptors (Lipinski definition) is 2. The van der Waals surface area contributed by atoms with E-state index in [2.05, 4.69) is 4.90 Å². The van der Waals surface area contributed by atoms with Gasteiger partial charge in [-0.25, -0.2) is 4.39 Å². The van der Waals surface area contributed by atoms with E-state index in [1.54, 1.807) is 6.07 Å². The van der Waals surface area contributed by atoms with Gasteiger partial charge >= 0.3 is 5.97 Å². The number of rotatable bonds is 3. The Morgan fingerprint density at radius 2 is 2.35 bits per heavy atom. The minimum absolute atomic E-state index is 0.241. The monoisotopic (exact) mass is 237 g/mol. The predicted octanol–water partition coefficient (Wildman–Crippen LogP) is 2.12. The minimum Gasteiger partial charge on any atom is -0.481 e. The maximum absolute atomic E-state index is 13.0. The summed E-state index contributed by atoms with van der Waals surface area (Å²) in [5.74, 6) is -1.25. The molecular weight excluding hydrogens is 221 g/mol. The average molecular weight is 237 g/mol. The van der Waals surface area contributed by atoms with Gasteiger partial charge in [-0.05, 0) is 37.1 Å². The summed E-state index contributed by atoms with van der Waals surface area (Å²) >= 11 is 0. The van der Waals surface area contributed by atoms with Gasteiger partial charge in [0.2, 0.25) is 0 Å². The van der Waals surface area contributed by atoms with E-state index in [1.807, 2.05) is 6.07 Å². The van der Waals surface area contributed by atoms with Gasteiger partial charge in [-0.3, -0.25) is 9.69 Å². The molecule has 0 amide bonds. The summed E-state index contributed by atoms with van der Waals surface area (Å²) in [6, 6.07) is 6.47. The molecule has 0 aromatic heterocycles. The molecule has 1 aliphatic heterocycles. The maximum atomic E-state index is 13.0. The third kappa shape index (κ3) is 3.27. The molecule has 1 fully saturated rings. The number of halogens is 1. The van der Waals surface area contributed by atoms with Crippen molar-refractivity contribution in [2.75, 3.05) is 13.1 Å². The summed E-state index contributed by atoms with van der Waals surface area (Å²) in [5, 5.41) is 8.98. The molecule has 0 unspecified atom stereocenters. The number of likely N-dealkylation sites (tertiary alicyclic amines) is 1. The molecule has 0 spiro atoms. The summed E-state index contributed by atoms with van der Waals surface area (Å²) in [7, 11) is 0. The molecule has 1 atom stereocenters. The molecule has 1 N–H and O–H groups in total. The fraction of sp³-hybridized carbons (Fsp3) is 0.462. The van der Waals surface area contributed by atoms with Crippen molar-refractivity contribution in [1.29, 1.82) is 0 Å². The first-order valence-corrected chi connectivity index (χ1v) is 5.85. The number of carboxylic acids is 1. The summed E-state index contributed by atoms with van der Waals surface area (Å²) in [4.78, 5) is 13.0. The average Bonchev–Trinajstić information content (AvgIpc) is 2.29. The molecule has 92 valence electrons. The van der Waals surface area contributed by atoms with Crippen LogP contribution in [-0.2, 0) is 11.3 Å². The fourth-order valence-corrected chi connectivity index (χ4v) is 2.29. The molecule has 2 rings (SSSR count). The van der Waals surface area contributed by atoms with Crippen LogP contribution < -0.4 is 0 Å². The zero-order valence-electron chi connectivity index (χ0n) is 9.60. The largest absolute Gasteiger partial charge is 0.481 e. The Balaban J connectivity index is 1.97. The van der Waals surface area contributed by atoms with Crippen LogP contribution in [0.4, 0.5) is 4.39 Å². The molecule has 0 radical (unpaired) electrons. The van der Waals surface area contributed by atoms with Crippen LogP contribution in [0, 0.1) is 11.7 Å². The van der Waals surface area contributed by atoms with E-state index in [9.17, 15) is 9.18 Å². The van der Waals surface area contributed by atoms with Crippen molar-refractivity contribution < 1.29 is 14.3 Å². The topological polar surface area (TPSA) is 40.5 Å². The van der Waals surface area contributed by atoms with Gasteiger partial charge in [-0.2, -0.15) is 0 Å². The lowest BCUT2D eigenvalue weighted by molar-refractivity contribution is -0.143. The summed E-state index contributed by atoms with van der Waals surface area (Å²) < 4.78 is 13.0. The standard InChI is InChI=1S/C13H16FNO2/c14-12-5-1-3-10(7-12)8-15-6-2-4-11(9-15)13(16)17/h1,3,5,7,11H,2,4,6,8-9H2,(H,16,17)/t11-/m0/s1. The predicted molar refractivity (Wildman–Crippen MR) is 62.0 cm³/mol. The highest BCUT2D eigenvalue weighted by Crippen LogP contribution is 2.18. The summed E-state index contributed by atoms with van der Waals surface area (Å²) in [6.07, 6.45) is 1.64. The van der Waals surface area contributed by atoms with Crippen LogP contribution in [0.2, 0.25) is 0 Å². The molecule has 1 saturated heterocycles. The lowest BCUT2D eigenvalue weighted by Crippen LogP contribution is -2.38. The molecule has 4 heteroatoms. The van der Waals surface area contributed by atoms with Crippen LogP contribution in [0.3, 0.4) is 0 Å². The lowest BCUT2D eigenvalue weighted by atomic mass is 9.98. The van der Waals surface area contributed by atoms with Gasteiger partial charge in [0, 0.05) is 13.1 Å². The Kier molecular flexibility index (Phi) is 3.74. The molecule has 0 bridgehead atoms. The van der Waals surface area contributed by atoms with E-state index in [4.69, 9.17) is 5.11 Å². The van der Waals surface area contributed by atoms with Crippen molar-refractivity contribution >= 4 is 5.97 Å². The van der Waals surface area contributed by atoms with Crippen LogP contribution in [0.25, 0.3) is 0 Å². The first-order valence-electron chi connectivity index (χ1n) is 5.85. The molecule has 0 aliphatic carbocycles. The van der Waals surface area contributed by atoms with Crippen LogP contribution in [-0.4, -0.2) is 29.1 Å². The van der Waals surface area contributed by atoms with E-state index in [-0.39, 0.29) is 11.7 Å². The number of carbonyl (C=O) groups is 1. The molecule has 1 aromatic rings. The van der Waals surface area contributed by atoms with Gasteiger partial charge in [-0.15, -0.1) is 0 Å². The molecule has 1 aliphatic rings. The lowest BCUT2D eigenvalue weighted by Gasteiger charge is -2.30. The molecule has 1 heterocycles. The van der Waals surface area contributed by atoms with Gasteiger partial charge in [0.05, 0.1) is 5.92 Å². The second-order valence-electron chi connectivity index (χ2n) is 4.54. The van der Waals surface area contributed by atoms with Crippen molar-refractivity contribution in [3.63, 3.8) is 0 Å². The van der Waals surface area contributed by atoms with E-state index >= 15 is 0 Å². The molecule has 3 nitrogen and oxygen atoms in total. The van der Waals surface area contributed by atoms with E-state index in [0.29, 0.717) is 13.1 Å².